The molecular formula is C20H24N2O4. The molecule has 2 aromatic carbocycles. The number of methoxy groups -OCH3 is 1. The van der Waals surface area contributed by atoms with Crippen LogP contribution in [0.15, 0.2) is 48.5 Å². The number of carbonyl (C=O) groups excluding carboxylic acids is 2. The van der Waals surface area contributed by atoms with Crippen molar-refractivity contribution in [3.8, 4) is 5.75 Å². The second kappa shape index (κ2) is 10.2. The van der Waals surface area contributed by atoms with E-state index < -0.39 is 0 Å². The molecule has 0 aliphatic heterocycles. The zero-order valence-corrected chi connectivity index (χ0v) is 15.1. The van der Waals surface area contributed by atoms with E-state index in [4.69, 9.17) is 9.47 Å². The lowest BCUT2D eigenvalue weighted by Gasteiger charge is -2.09. The predicted octanol–water partition coefficient (Wildman–Crippen LogP) is 2.64. The number of benzene rings is 2. The number of aryl methyl sites for hydroxylation is 1. The molecule has 0 heterocycles. The van der Waals surface area contributed by atoms with Gasteiger partial charge in [0.2, 0.25) is 0 Å². The Balaban J connectivity index is 1.86. The van der Waals surface area contributed by atoms with E-state index in [-0.39, 0.29) is 18.4 Å². The molecule has 138 valence electrons. The van der Waals surface area contributed by atoms with Gasteiger partial charge in [0.1, 0.15) is 5.75 Å². The van der Waals surface area contributed by atoms with Gasteiger partial charge < -0.3 is 20.1 Å². The molecule has 0 atom stereocenters. The van der Waals surface area contributed by atoms with Gasteiger partial charge in [0.15, 0.2) is 6.61 Å². The van der Waals surface area contributed by atoms with Crippen LogP contribution in [0.5, 0.6) is 5.75 Å². The quantitative estimate of drug-likeness (QED) is 0.677. The number of carbonyl (C=O) groups is 2. The Kier molecular flexibility index (Phi) is 7.64. The Hall–Kier alpha value is -2.86. The Morgan fingerprint density at radius 1 is 1.08 bits per heavy atom. The first-order valence-corrected chi connectivity index (χ1v) is 8.51. The van der Waals surface area contributed by atoms with Crippen molar-refractivity contribution in [3.63, 3.8) is 0 Å². The molecule has 0 spiro atoms. The SMILES string of the molecule is CCc1ccc(OCC(=O)Nc2cccc(C(=O)NCCOC)c2)cc1. The average molecular weight is 356 g/mol. The van der Waals surface area contributed by atoms with Crippen LogP contribution in [0, 0.1) is 0 Å². The zero-order valence-electron chi connectivity index (χ0n) is 15.1. The van der Waals surface area contributed by atoms with E-state index >= 15 is 0 Å². The highest BCUT2D eigenvalue weighted by atomic mass is 16.5. The van der Waals surface area contributed by atoms with Crippen LogP contribution < -0.4 is 15.4 Å². The van der Waals surface area contributed by atoms with E-state index in [1.165, 1.54) is 5.56 Å². The monoisotopic (exact) mass is 356 g/mol. The summed E-state index contributed by atoms with van der Waals surface area (Å²) < 4.78 is 10.4. The number of amides is 2. The molecule has 0 unspecified atom stereocenters. The summed E-state index contributed by atoms with van der Waals surface area (Å²) in [4.78, 5) is 24.1. The van der Waals surface area contributed by atoms with Gasteiger partial charge in [-0.15, -0.1) is 0 Å². The summed E-state index contributed by atoms with van der Waals surface area (Å²) in [5, 5.41) is 5.46. The fourth-order valence-corrected chi connectivity index (χ4v) is 2.27. The van der Waals surface area contributed by atoms with Crippen molar-refractivity contribution in [2.45, 2.75) is 13.3 Å². The molecule has 2 N–H and O–H groups in total. The Bertz CT molecular complexity index is 729. The van der Waals surface area contributed by atoms with E-state index in [1.807, 2.05) is 24.3 Å². The van der Waals surface area contributed by atoms with Crippen molar-refractivity contribution in [3.05, 3.63) is 59.7 Å². The molecule has 6 heteroatoms. The molecule has 0 aromatic heterocycles. The third-order valence-corrected chi connectivity index (χ3v) is 3.70. The summed E-state index contributed by atoms with van der Waals surface area (Å²) in [6.45, 7) is 2.85. The van der Waals surface area contributed by atoms with Gasteiger partial charge in [-0.25, -0.2) is 0 Å². The molecule has 0 saturated heterocycles. The van der Waals surface area contributed by atoms with Gasteiger partial charge in [-0.2, -0.15) is 0 Å². The Morgan fingerprint density at radius 2 is 1.85 bits per heavy atom. The van der Waals surface area contributed by atoms with Gasteiger partial charge in [-0.05, 0) is 42.3 Å². The smallest absolute Gasteiger partial charge is 0.262 e. The summed E-state index contributed by atoms with van der Waals surface area (Å²) in [5.74, 6) is 0.135. The highest BCUT2D eigenvalue weighted by molar-refractivity contribution is 5.97. The minimum atomic E-state index is -0.290. The van der Waals surface area contributed by atoms with E-state index in [9.17, 15) is 9.59 Å². The number of hydrogen-bond donors (Lipinski definition) is 2. The number of rotatable bonds is 9. The molecule has 0 bridgehead atoms. The van der Waals surface area contributed by atoms with Crippen molar-refractivity contribution < 1.29 is 19.1 Å². The zero-order chi connectivity index (χ0) is 18.8. The third kappa shape index (κ3) is 6.22. The molecule has 2 aromatic rings. The summed E-state index contributed by atoms with van der Waals surface area (Å²) in [5.41, 5.74) is 2.22. The number of nitrogens with one attached hydrogen (secondary N) is 2. The Morgan fingerprint density at radius 3 is 2.54 bits per heavy atom. The summed E-state index contributed by atoms with van der Waals surface area (Å²) in [7, 11) is 1.57. The standard InChI is InChI=1S/C20H24N2O4/c1-3-15-7-9-18(10-8-15)26-14-19(23)22-17-6-4-5-16(13-17)20(24)21-11-12-25-2/h4-10,13H,3,11-12,14H2,1-2H3,(H,21,24)(H,22,23). The normalized spacial score (nSPS) is 10.2. The van der Waals surface area contributed by atoms with Crippen LogP contribution in [-0.4, -0.2) is 38.7 Å². The van der Waals surface area contributed by atoms with E-state index in [0.717, 1.165) is 6.42 Å². The largest absolute Gasteiger partial charge is 0.484 e. The first-order valence-electron chi connectivity index (χ1n) is 8.51. The maximum absolute atomic E-state index is 12.0. The minimum absolute atomic E-state index is 0.101. The van der Waals surface area contributed by atoms with Crippen LogP contribution in [0.25, 0.3) is 0 Å². The molecule has 0 saturated carbocycles. The van der Waals surface area contributed by atoms with Gasteiger partial charge >= 0.3 is 0 Å². The molecule has 2 rings (SSSR count). The number of ether oxygens (including phenoxy) is 2. The fourth-order valence-electron chi connectivity index (χ4n) is 2.27. The summed E-state index contributed by atoms with van der Waals surface area (Å²) >= 11 is 0. The van der Waals surface area contributed by atoms with Crippen LogP contribution in [0.2, 0.25) is 0 Å². The van der Waals surface area contributed by atoms with E-state index in [0.29, 0.717) is 30.2 Å². The van der Waals surface area contributed by atoms with Crippen LogP contribution in [0.3, 0.4) is 0 Å². The first-order chi connectivity index (χ1) is 12.6. The van der Waals surface area contributed by atoms with Crippen molar-refractivity contribution >= 4 is 17.5 Å². The molecule has 0 aliphatic rings. The number of hydrogen-bond acceptors (Lipinski definition) is 4. The lowest BCUT2D eigenvalue weighted by molar-refractivity contribution is -0.118. The highest BCUT2D eigenvalue weighted by Gasteiger charge is 2.08. The van der Waals surface area contributed by atoms with E-state index in [1.54, 1.807) is 31.4 Å². The van der Waals surface area contributed by atoms with E-state index in [2.05, 4.69) is 17.6 Å². The lowest BCUT2D eigenvalue weighted by atomic mass is 10.2. The molecule has 6 nitrogen and oxygen atoms in total. The van der Waals surface area contributed by atoms with Gasteiger partial charge in [0, 0.05) is 24.9 Å². The van der Waals surface area contributed by atoms with Gasteiger partial charge in [-0.3, -0.25) is 9.59 Å². The van der Waals surface area contributed by atoms with Gasteiger partial charge in [0.25, 0.3) is 11.8 Å². The summed E-state index contributed by atoms with van der Waals surface area (Å²) in [6, 6.07) is 14.4. The second-order valence-corrected chi connectivity index (χ2v) is 5.66. The van der Waals surface area contributed by atoms with Crippen molar-refractivity contribution in [1.29, 1.82) is 0 Å². The maximum Gasteiger partial charge on any atom is 0.262 e. The third-order valence-electron chi connectivity index (χ3n) is 3.70. The van der Waals surface area contributed by atoms with Crippen LogP contribution in [0.4, 0.5) is 5.69 Å². The summed E-state index contributed by atoms with van der Waals surface area (Å²) in [6.07, 6.45) is 0.955. The fraction of sp³-hybridized carbons (Fsp3) is 0.300. The van der Waals surface area contributed by atoms with Crippen molar-refractivity contribution in [2.75, 3.05) is 32.2 Å². The Labute approximate surface area is 153 Å². The molecule has 2 amide bonds. The first kappa shape index (κ1) is 19.5. The molecule has 0 radical (unpaired) electrons. The minimum Gasteiger partial charge on any atom is -0.484 e. The predicted molar refractivity (Wildman–Crippen MR) is 101 cm³/mol. The van der Waals surface area contributed by atoms with Crippen molar-refractivity contribution in [1.82, 2.24) is 5.32 Å². The van der Waals surface area contributed by atoms with Crippen LogP contribution in [-0.2, 0) is 16.0 Å². The molecular weight excluding hydrogens is 332 g/mol. The highest BCUT2D eigenvalue weighted by Crippen LogP contribution is 2.13. The lowest BCUT2D eigenvalue weighted by Crippen LogP contribution is -2.27. The second-order valence-electron chi connectivity index (χ2n) is 5.66. The van der Waals surface area contributed by atoms with Crippen LogP contribution >= 0.6 is 0 Å². The molecule has 0 fully saturated rings. The number of anilines is 1. The maximum atomic E-state index is 12.0. The molecule has 0 aliphatic carbocycles. The average Bonchev–Trinajstić information content (AvgIpc) is 2.67. The van der Waals surface area contributed by atoms with Crippen molar-refractivity contribution in [2.24, 2.45) is 0 Å². The van der Waals surface area contributed by atoms with Gasteiger partial charge in [0.05, 0.1) is 6.61 Å². The topological polar surface area (TPSA) is 76.7 Å². The van der Waals surface area contributed by atoms with Crippen LogP contribution in [0.1, 0.15) is 22.8 Å². The van der Waals surface area contributed by atoms with Gasteiger partial charge in [-0.1, -0.05) is 25.1 Å². The molecule has 26 heavy (non-hydrogen) atoms.